The fourth-order valence-corrected chi connectivity index (χ4v) is 5.91. The van der Waals surface area contributed by atoms with Crippen LogP contribution in [0.3, 0.4) is 0 Å². The molecule has 0 aromatic carbocycles. The molecule has 0 aliphatic carbocycles. The van der Waals surface area contributed by atoms with Gasteiger partial charge in [-0.15, -0.1) is 0 Å². The zero-order valence-corrected chi connectivity index (χ0v) is 15.2. The Balaban J connectivity index is 1.50. The molecule has 0 spiro atoms. The number of hydrogen-bond acceptors (Lipinski definition) is 6. The van der Waals surface area contributed by atoms with E-state index in [-0.39, 0.29) is 24.0 Å². The first-order chi connectivity index (χ1) is 10.7. The Bertz CT molecular complexity index is 386. The van der Waals surface area contributed by atoms with Crippen molar-refractivity contribution in [2.24, 2.45) is 0 Å². The number of carbonyl (C=O) groups excluding carboxylic acids is 2. The van der Waals surface area contributed by atoms with Crippen molar-refractivity contribution in [1.29, 1.82) is 0 Å². The summed E-state index contributed by atoms with van der Waals surface area (Å²) in [5.41, 5.74) is 0. The monoisotopic (exact) mass is 364 g/mol. The fourth-order valence-electron chi connectivity index (χ4n) is 2.50. The van der Waals surface area contributed by atoms with E-state index in [0.29, 0.717) is 11.7 Å². The number of rotatable bonds is 10. The highest BCUT2D eigenvalue weighted by atomic mass is 33.1. The molecule has 126 valence electrons. The summed E-state index contributed by atoms with van der Waals surface area (Å²) in [5, 5.41) is 12.3. The summed E-state index contributed by atoms with van der Waals surface area (Å²) < 4.78 is 0. The van der Waals surface area contributed by atoms with E-state index >= 15 is 0 Å². The molecule has 2 fully saturated rings. The van der Waals surface area contributed by atoms with E-state index in [4.69, 9.17) is 0 Å². The van der Waals surface area contributed by atoms with Gasteiger partial charge in [0.1, 0.15) is 0 Å². The molecule has 3 atom stereocenters. The average molecular weight is 365 g/mol. The molecule has 0 aromatic rings. The molecular weight excluding hydrogens is 340 g/mol. The summed E-state index contributed by atoms with van der Waals surface area (Å²) in [6.45, 7) is 1.73. The molecule has 0 aromatic heterocycles. The third-order valence-corrected chi connectivity index (χ3v) is 7.54. The van der Waals surface area contributed by atoms with Gasteiger partial charge in [0.05, 0.1) is 12.1 Å². The minimum absolute atomic E-state index is 0.0717. The third kappa shape index (κ3) is 5.75. The Labute approximate surface area is 143 Å². The smallest absolute Gasteiger partial charge is 0.315 e. The SMILES string of the molecule is CNCCSSCCNC(=O)CCC1SCC2NC(=O)NC21. The second kappa shape index (κ2) is 9.79. The molecule has 6 nitrogen and oxygen atoms in total. The first-order valence-corrected chi connectivity index (χ1v) is 11.1. The standard InChI is InChI=1S/C13H24N4O2S3/c1-14-4-6-21-22-7-5-15-11(18)3-2-10-12-9(8-20-10)16-13(19)17-12/h9-10,12,14H,2-8H2,1H3,(H,15,18)(H2,16,17,19). The maximum Gasteiger partial charge on any atom is 0.315 e. The second-order valence-electron chi connectivity index (χ2n) is 5.26. The molecule has 2 aliphatic rings. The molecule has 4 N–H and O–H groups in total. The number of nitrogens with one attached hydrogen (secondary N) is 4. The van der Waals surface area contributed by atoms with Crippen LogP contribution in [0.1, 0.15) is 12.8 Å². The van der Waals surface area contributed by atoms with E-state index in [0.717, 1.165) is 36.8 Å². The third-order valence-electron chi connectivity index (χ3n) is 3.62. The Hall–Kier alpha value is -0.250. The minimum Gasteiger partial charge on any atom is -0.355 e. The van der Waals surface area contributed by atoms with Gasteiger partial charge in [-0.05, 0) is 13.5 Å². The van der Waals surface area contributed by atoms with Gasteiger partial charge in [0.25, 0.3) is 0 Å². The van der Waals surface area contributed by atoms with Crippen LogP contribution in [0.15, 0.2) is 0 Å². The molecule has 2 saturated heterocycles. The van der Waals surface area contributed by atoms with E-state index in [1.807, 2.05) is 29.6 Å². The van der Waals surface area contributed by atoms with Gasteiger partial charge in [-0.3, -0.25) is 4.79 Å². The van der Waals surface area contributed by atoms with Crippen molar-refractivity contribution in [2.75, 3.05) is 37.4 Å². The Morgan fingerprint density at radius 2 is 2.09 bits per heavy atom. The number of thioether (sulfide) groups is 1. The number of carbonyl (C=O) groups is 2. The van der Waals surface area contributed by atoms with Gasteiger partial charge in [-0.25, -0.2) is 4.79 Å². The number of amides is 3. The molecule has 0 bridgehead atoms. The molecular formula is C13H24N4O2S3. The average Bonchev–Trinajstić information content (AvgIpc) is 3.03. The van der Waals surface area contributed by atoms with Crippen molar-refractivity contribution in [3.05, 3.63) is 0 Å². The van der Waals surface area contributed by atoms with Crippen molar-refractivity contribution in [2.45, 2.75) is 30.2 Å². The quantitative estimate of drug-likeness (QED) is 0.259. The van der Waals surface area contributed by atoms with Crippen LogP contribution in [0.5, 0.6) is 0 Å². The Morgan fingerprint density at radius 3 is 2.86 bits per heavy atom. The highest BCUT2D eigenvalue weighted by Crippen LogP contribution is 2.32. The van der Waals surface area contributed by atoms with Gasteiger partial charge in [-0.1, -0.05) is 21.6 Å². The molecule has 0 radical (unpaired) electrons. The lowest BCUT2D eigenvalue weighted by Crippen LogP contribution is -2.37. The lowest BCUT2D eigenvalue weighted by molar-refractivity contribution is -0.121. The Kier molecular flexibility index (Phi) is 8.05. The molecule has 2 heterocycles. The first-order valence-electron chi connectivity index (χ1n) is 7.55. The largest absolute Gasteiger partial charge is 0.355 e. The summed E-state index contributed by atoms with van der Waals surface area (Å²) in [6.07, 6.45) is 1.36. The van der Waals surface area contributed by atoms with E-state index in [1.54, 1.807) is 10.8 Å². The van der Waals surface area contributed by atoms with Crippen LogP contribution in [-0.2, 0) is 4.79 Å². The van der Waals surface area contributed by atoms with E-state index in [1.165, 1.54) is 0 Å². The molecule has 9 heteroatoms. The van der Waals surface area contributed by atoms with Crippen molar-refractivity contribution in [3.8, 4) is 0 Å². The normalized spacial score (nSPS) is 26.4. The van der Waals surface area contributed by atoms with Crippen molar-refractivity contribution in [3.63, 3.8) is 0 Å². The van der Waals surface area contributed by atoms with Gasteiger partial charge >= 0.3 is 6.03 Å². The lowest BCUT2D eigenvalue weighted by atomic mass is 10.0. The maximum atomic E-state index is 11.8. The molecule has 2 aliphatic heterocycles. The van der Waals surface area contributed by atoms with Crippen molar-refractivity contribution < 1.29 is 9.59 Å². The number of urea groups is 1. The van der Waals surface area contributed by atoms with E-state index in [2.05, 4.69) is 21.3 Å². The summed E-state index contributed by atoms with van der Waals surface area (Å²) in [5.74, 6) is 3.07. The number of fused-ring (bicyclic) bond motifs is 1. The molecule has 0 saturated carbocycles. The predicted octanol–water partition coefficient (Wildman–Crippen LogP) is 0.649. The van der Waals surface area contributed by atoms with Gasteiger partial charge in [0, 0.05) is 42.0 Å². The maximum absolute atomic E-state index is 11.8. The summed E-state index contributed by atoms with van der Waals surface area (Å²) in [4.78, 5) is 23.1. The Morgan fingerprint density at radius 1 is 1.32 bits per heavy atom. The molecule has 3 unspecified atom stereocenters. The lowest BCUT2D eigenvalue weighted by Gasteiger charge is -2.16. The molecule has 22 heavy (non-hydrogen) atoms. The fraction of sp³-hybridized carbons (Fsp3) is 0.846. The molecule has 3 amide bonds. The van der Waals surface area contributed by atoms with Crippen LogP contribution < -0.4 is 21.3 Å². The van der Waals surface area contributed by atoms with Crippen LogP contribution >= 0.6 is 33.3 Å². The van der Waals surface area contributed by atoms with E-state index in [9.17, 15) is 9.59 Å². The van der Waals surface area contributed by atoms with E-state index < -0.39 is 0 Å². The zero-order chi connectivity index (χ0) is 15.8. The summed E-state index contributed by atoms with van der Waals surface area (Å²) in [7, 11) is 5.57. The van der Waals surface area contributed by atoms with Crippen molar-refractivity contribution in [1.82, 2.24) is 21.3 Å². The summed E-state index contributed by atoms with van der Waals surface area (Å²) in [6, 6.07) is 0.346. The van der Waals surface area contributed by atoms with Crippen LogP contribution in [0.2, 0.25) is 0 Å². The van der Waals surface area contributed by atoms with Crippen LogP contribution in [-0.4, -0.2) is 66.7 Å². The second-order valence-corrected chi connectivity index (χ2v) is 9.23. The van der Waals surface area contributed by atoms with Gasteiger partial charge in [-0.2, -0.15) is 11.8 Å². The van der Waals surface area contributed by atoms with Crippen LogP contribution in [0.25, 0.3) is 0 Å². The van der Waals surface area contributed by atoms with Gasteiger partial charge in [0.15, 0.2) is 0 Å². The van der Waals surface area contributed by atoms with Crippen LogP contribution in [0, 0.1) is 0 Å². The highest BCUT2D eigenvalue weighted by Gasteiger charge is 2.42. The van der Waals surface area contributed by atoms with Crippen molar-refractivity contribution >= 4 is 45.3 Å². The first kappa shape index (κ1) is 18.1. The van der Waals surface area contributed by atoms with Crippen LogP contribution in [0.4, 0.5) is 4.79 Å². The topological polar surface area (TPSA) is 82.3 Å². The zero-order valence-electron chi connectivity index (χ0n) is 12.7. The highest BCUT2D eigenvalue weighted by molar-refractivity contribution is 8.76. The summed E-state index contributed by atoms with van der Waals surface area (Å²) >= 11 is 1.85. The predicted molar refractivity (Wildman–Crippen MR) is 96.6 cm³/mol. The van der Waals surface area contributed by atoms with Gasteiger partial charge in [0.2, 0.25) is 5.91 Å². The minimum atomic E-state index is -0.0717. The number of hydrogen-bond donors (Lipinski definition) is 4. The molecule has 2 rings (SSSR count). The van der Waals surface area contributed by atoms with Gasteiger partial charge < -0.3 is 21.3 Å².